The van der Waals surface area contributed by atoms with Gasteiger partial charge in [-0.05, 0) is 96.3 Å². The summed E-state index contributed by atoms with van der Waals surface area (Å²) in [6.45, 7) is 4.50. The van der Waals surface area contributed by atoms with Crippen LogP contribution in [0.25, 0.3) is 0 Å². The summed E-state index contributed by atoms with van der Waals surface area (Å²) in [6, 6.07) is -0.896. The fraction of sp³-hybridized carbons (Fsp3) is 0.652. The van der Waals surface area contributed by atoms with E-state index in [0.29, 0.717) is 17.4 Å². The summed E-state index contributed by atoms with van der Waals surface area (Å²) in [4.78, 5) is 25.4. The smallest absolute Gasteiger partial charge is 0.268 e. The van der Waals surface area contributed by atoms with Crippen LogP contribution in [0.3, 0.4) is 0 Å². The van der Waals surface area contributed by atoms with E-state index < -0.39 is 20.0 Å². The molecular formula is C66H113N2O6P. The van der Waals surface area contributed by atoms with E-state index in [9.17, 15) is 19.4 Å². The average molecular weight is 1060 g/mol. The molecule has 0 aromatic rings. The van der Waals surface area contributed by atoms with Crippen LogP contribution in [-0.4, -0.2) is 68.5 Å². The van der Waals surface area contributed by atoms with Gasteiger partial charge < -0.3 is 28.8 Å². The minimum Gasteiger partial charge on any atom is -0.756 e. The van der Waals surface area contributed by atoms with Crippen molar-refractivity contribution in [3.63, 3.8) is 0 Å². The van der Waals surface area contributed by atoms with E-state index in [0.717, 1.165) is 109 Å². The number of nitrogens with one attached hydrogen (secondary N) is 1. The standard InChI is InChI=1S/C66H113N2O6P/c1-6-8-10-12-14-16-18-20-21-22-23-24-25-26-27-28-29-30-31-32-33-34-35-36-37-38-39-40-41-42-43-44-45-46-47-48-50-52-54-56-58-60-66(70)67-64(63-74-75(71,72)73-62-61-68(3,4)5)65(69)59-57-55-53-51-49-19-17-15-13-11-9-7-2/h8,10,14,16,20-21,23-24,26-27,29-30,32-33,35-36,38-39,41-42,57,59,64-65,69H,6-7,9,11-13,15,17-19,22,25,28,31,34,37,40,43-56,58,60-63H2,1-5H3,(H-,67,70,71,72)/b10-8-,16-14-,21-20-,24-23-,27-26-,30-29-,33-32-,36-35-,39-38-,42-41-,59-57+. The lowest BCUT2D eigenvalue weighted by molar-refractivity contribution is -0.870. The Morgan fingerprint density at radius 3 is 1.19 bits per heavy atom. The predicted octanol–water partition coefficient (Wildman–Crippen LogP) is 18.1. The molecule has 3 atom stereocenters. The maximum atomic E-state index is 12.9. The second-order valence-electron chi connectivity index (χ2n) is 21.0. The van der Waals surface area contributed by atoms with Crippen molar-refractivity contribution in [2.45, 2.75) is 238 Å². The lowest BCUT2D eigenvalue weighted by Crippen LogP contribution is -2.45. The molecule has 0 aromatic carbocycles. The Morgan fingerprint density at radius 1 is 0.480 bits per heavy atom. The zero-order valence-electron chi connectivity index (χ0n) is 48.7. The van der Waals surface area contributed by atoms with Gasteiger partial charge >= 0.3 is 0 Å². The molecule has 0 aliphatic heterocycles. The average Bonchev–Trinajstić information content (AvgIpc) is 3.37. The fourth-order valence-corrected chi connectivity index (χ4v) is 8.67. The van der Waals surface area contributed by atoms with Crippen LogP contribution in [0, 0.1) is 0 Å². The molecule has 0 aliphatic carbocycles. The number of hydrogen-bond acceptors (Lipinski definition) is 6. The zero-order valence-corrected chi connectivity index (χ0v) is 49.6. The molecule has 0 aromatic heterocycles. The molecular weight excluding hydrogens is 948 g/mol. The van der Waals surface area contributed by atoms with Crippen LogP contribution in [0.5, 0.6) is 0 Å². The van der Waals surface area contributed by atoms with Gasteiger partial charge in [-0.3, -0.25) is 9.36 Å². The third-order valence-electron chi connectivity index (χ3n) is 12.6. The molecule has 0 bridgehead atoms. The van der Waals surface area contributed by atoms with Crippen molar-refractivity contribution in [3.05, 3.63) is 134 Å². The van der Waals surface area contributed by atoms with E-state index in [-0.39, 0.29) is 19.1 Å². The number of aliphatic hydroxyl groups excluding tert-OH is 1. The second kappa shape index (κ2) is 55.4. The highest BCUT2D eigenvalue weighted by Crippen LogP contribution is 2.38. The second-order valence-corrected chi connectivity index (χ2v) is 22.4. The Balaban J connectivity index is 4.07. The first-order valence-corrected chi connectivity index (χ1v) is 31.5. The van der Waals surface area contributed by atoms with E-state index in [4.69, 9.17) is 9.05 Å². The number of allylic oxidation sites excluding steroid dienone is 21. The van der Waals surface area contributed by atoms with Crippen LogP contribution in [0.4, 0.5) is 0 Å². The summed E-state index contributed by atoms with van der Waals surface area (Å²) in [5.41, 5.74) is 0. The number of hydrogen-bond donors (Lipinski definition) is 2. The third-order valence-corrected chi connectivity index (χ3v) is 13.6. The highest BCUT2D eigenvalue weighted by atomic mass is 31.2. The van der Waals surface area contributed by atoms with Gasteiger partial charge in [0, 0.05) is 6.42 Å². The first kappa shape index (κ1) is 71.6. The number of quaternary nitrogens is 1. The molecule has 75 heavy (non-hydrogen) atoms. The van der Waals surface area contributed by atoms with Gasteiger partial charge in [-0.2, -0.15) is 0 Å². The molecule has 0 fully saturated rings. The molecule has 0 spiro atoms. The SMILES string of the molecule is CC/C=C\C/C=C\C/C=C\C/C=C\C/C=C\C/C=C\C/C=C\C/C=C\C/C=C\C/C=C\CCCCCCCCCCCCC(=O)NC(COP(=O)([O-])OCC[N+](C)(C)C)C(O)/C=C/CCCCCCCCCCCC. The number of phosphoric ester groups is 1. The summed E-state index contributed by atoms with van der Waals surface area (Å²) in [6.07, 6.45) is 84.0. The van der Waals surface area contributed by atoms with E-state index in [2.05, 4.69) is 141 Å². The molecule has 0 heterocycles. The van der Waals surface area contributed by atoms with Crippen LogP contribution < -0.4 is 10.2 Å². The van der Waals surface area contributed by atoms with E-state index >= 15 is 0 Å². The first-order valence-electron chi connectivity index (χ1n) is 30.0. The van der Waals surface area contributed by atoms with Gasteiger partial charge in [0.1, 0.15) is 13.2 Å². The van der Waals surface area contributed by atoms with Gasteiger partial charge in [0.2, 0.25) is 5.91 Å². The summed E-state index contributed by atoms with van der Waals surface area (Å²) < 4.78 is 23.3. The van der Waals surface area contributed by atoms with Crippen molar-refractivity contribution in [2.24, 2.45) is 0 Å². The van der Waals surface area contributed by atoms with Crippen molar-refractivity contribution < 1.29 is 32.9 Å². The molecule has 0 radical (unpaired) electrons. The van der Waals surface area contributed by atoms with Crippen molar-refractivity contribution in [3.8, 4) is 0 Å². The fourth-order valence-electron chi connectivity index (χ4n) is 7.94. The zero-order chi connectivity index (χ0) is 54.9. The van der Waals surface area contributed by atoms with Crippen LogP contribution in [0.2, 0.25) is 0 Å². The maximum Gasteiger partial charge on any atom is 0.268 e. The maximum absolute atomic E-state index is 12.9. The van der Waals surface area contributed by atoms with Crippen molar-refractivity contribution >= 4 is 13.7 Å². The number of amides is 1. The van der Waals surface area contributed by atoms with E-state index in [1.807, 2.05) is 27.2 Å². The Morgan fingerprint density at radius 2 is 0.813 bits per heavy atom. The highest BCUT2D eigenvalue weighted by molar-refractivity contribution is 7.45. The summed E-state index contributed by atoms with van der Waals surface area (Å²) >= 11 is 0. The number of likely N-dealkylation sites (N-methyl/N-ethyl adjacent to an activating group) is 1. The normalized spacial score (nSPS) is 14.8. The number of nitrogens with zero attached hydrogens (tertiary/aromatic N) is 1. The molecule has 428 valence electrons. The Hall–Kier alpha value is -3.36. The van der Waals surface area contributed by atoms with Crippen LogP contribution in [0.1, 0.15) is 226 Å². The molecule has 1 amide bonds. The van der Waals surface area contributed by atoms with Crippen molar-refractivity contribution in [2.75, 3.05) is 40.9 Å². The molecule has 0 aliphatic rings. The van der Waals surface area contributed by atoms with E-state index in [1.54, 1.807) is 6.08 Å². The Kier molecular flexibility index (Phi) is 52.9. The van der Waals surface area contributed by atoms with Gasteiger partial charge in [-0.25, -0.2) is 0 Å². The monoisotopic (exact) mass is 1060 g/mol. The van der Waals surface area contributed by atoms with E-state index in [1.165, 1.54) is 96.3 Å². The number of carbonyl (C=O) groups is 1. The highest BCUT2D eigenvalue weighted by Gasteiger charge is 2.23. The number of unbranched alkanes of at least 4 members (excludes halogenated alkanes) is 20. The van der Waals surface area contributed by atoms with Crippen LogP contribution >= 0.6 is 7.82 Å². The summed E-state index contributed by atoms with van der Waals surface area (Å²) in [5.74, 6) is -0.208. The number of aliphatic hydroxyl groups is 1. The molecule has 9 heteroatoms. The van der Waals surface area contributed by atoms with Gasteiger partial charge in [0.05, 0.1) is 39.9 Å². The number of rotatable bonds is 53. The summed E-state index contributed by atoms with van der Waals surface area (Å²) in [7, 11) is 1.24. The molecule has 3 unspecified atom stereocenters. The largest absolute Gasteiger partial charge is 0.756 e. The predicted molar refractivity (Wildman–Crippen MR) is 325 cm³/mol. The lowest BCUT2D eigenvalue weighted by atomic mass is 10.0. The number of carbonyl (C=O) groups excluding carboxylic acids is 1. The third kappa shape index (κ3) is 58.2. The molecule has 0 saturated carbocycles. The van der Waals surface area contributed by atoms with Crippen LogP contribution in [-0.2, 0) is 18.4 Å². The Bertz CT molecular complexity index is 1680. The molecule has 0 saturated heterocycles. The van der Waals surface area contributed by atoms with Gasteiger partial charge in [-0.1, -0.05) is 257 Å². The van der Waals surface area contributed by atoms with Crippen molar-refractivity contribution in [1.29, 1.82) is 0 Å². The molecule has 2 N–H and O–H groups in total. The topological polar surface area (TPSA) is 108 Å². The van der Waals surface area contributed by atoms with Crippen LogP contribution in [0.15, 0.2) is 134 Å². The van der Waals surface area contributed by atoms with Gasteiger partial charge in [0.15, 0.2) is 0 Å². The first-order chi connectivity index (χ1) is 36.5. The van der Waals surface area contributed by atoms with Gasteiger partial charge in [0.25, 0.3) is 7.82 Å². The minimum absolute atomic E-state index is 0.00758. The number of phosphoric acid groups is 1. The lowest BCUT2D eigenvalue weighted by Gasteiger charge is -2.29. The molecule has 0 rings (SSSR count). The quantitative estimate of drug-likeness (QED) is 0.0272. The minimum atomic E-state index is -4.60. The summed E-state index contributed by atoms with van der Waals surface area (Å²) in [5, 5.41) is 13.8. The Labute approximate surface area is 462 Å². The van der Waals surface area contributed by atoms with Gasteiger partial charge in [-0.15, -0.1) is 0 Å². The van der Waals surface area contributed by atoms with Crippen molar-refractivity contribution in [1.82, 2.24) is 5.32 Å². The molecule has 8 nitrogen and oxygen atoms in total.